The van der Waals surface area contributed by atoms with Gasteiger partial charge >= 0.3 is 0 Å². The second-order valence-corrected chi connectivity index (χ2v) is 6.47. The van der Waals surface area contributed by atoms with E-state index in [0.717, 1.165) is 18.8 Å². The second-order valence-electron chi connectivity index (χ2n) is 6.07. The van der Waals surface area contributed by atoms with Crippen molar-refractivity contribution in [1.29, 1.82) is 5.41 Å². The highest BCUT2D eigenvalue weighted by molar-refractivity contribution is 6.33. The SMILES string of the molecule is N=C(N)c1ccc(N2CCC(N3CCCCC3)C2)c(Cl)c1. The Balaban J connectivity index is 1.69. The Hall–Kier alpha value is -1.26. The van der Waals surface area contributed by atoms with Gasteiger partial charge in [-0.15, -0.1) is 0 Å². The van der Waals surface area contributed by atoms with E-state index in [4.69, 9.17) is 22.7 Å². The monoisotopic (exact) mass is 306 g/mol. The average Bonchev–Trinajstić information content (AvgIpc) is 2.97. The molecule has 1 unspecified atom stereocenters. The summed E-state index contributed by atoms with van der Waals surface area (Å²) >= 11 is 6.38. The van der Waals surface area contributed by atoms with E-state index in [9.17, 15) is 0 Å². The third-order valence-electron chi connectivity index (χ3n) is 4.67. The number of nitrogens with zero attached hydrogens (tertiary/aromatic N) is 2. The second kappa shape index (κ2) is 6.24. The molecule has 3 rings (SSSR count). The highest BCUT2D eigenvalue weighted by Crippen LogP contribution is 2.31. The van der Waals surface area contributed by atoms with Gasteiger partial charge in [0.25, 0.3) is 0 Å². The molecule has 5 heteroatoms. The van der Waals surface area contributed by atoms with Crippen LogP contribution in [0.2, 0.25) is 5.02 Å². The van der Waals surface area contributed by atoms with Crippen molar-refractivity contribution in [2.24, 2.45) is 5.73 Å². The zero-order valence-electron chi connectivity index (χ0n) is 12.3. The van der Waals surface area contributed by atoms with Gasteiger partial charge in [0.15, 0.2) is 0 Å². The summed E-state index contributed by atoms with van der Waals surface area (Å²) < 4.78 is 0. The number of benzene rings is 1. The topological polar surface area (TPSA) is 56.4 Å². The molecule has 2 aliphatic heterocycles. The van der Waals surface area contributed by atoms with Crippen LogP contribution in [0.3, 0.4) is 0 Å². The van der Waals surface area contributed by atoms with Gasteiger partial charge in [0.05, 0.1) is 10.7 Å². The molecular weight excluding hydrogens is 284 g/mol. The lowest BCUT2D eigenvalue weighted by Gasteiger charge is -2.32. The first-order chi connectivity index (χ1) is 10.1. The fourth-order valence-corrected chi connectivity index (χ4v) is 3.77. The molecule has 0 aromatic heterocycles. The minimum atomic E-state index is 0.0658. The predicted octanol–water partition coefficient (Wildman–Crippen LogP) is 2.69. The van der Waals surface area contributed by atoms with Crippen molar-refractivity contribution in [3.8, 4) is 0 Å². The van der Waals surface area contributed by atoms with Gasteiger partial charge in [-0.25, -0.2) is 0 Å². The molecular formula is C16H23ClN4. The number of halogens is 1. The van der Waals surface area contributed by atoms with Gasteiger partial charge < -0.3 is 10.6 Å². The zero-order chi connectivity index (χ0) is 14.8. The molecule has 1 atom stereocenters. The molecule has 114 valence electrons. The number of nitrogen functional groups attached to an aromatic ring is 1. The molecule has 2 fully saturated rings. The van der Waals surface area contributed by atoms with E-state index in [-0.39, 0.29) is 5.84 Å². The summed E-state index contributed by atoms with van der Waals surface area (Å²) in [4.78, 5) is 5.01. The van der Waals surface area contributed by atoms with Crippen LogP contribution in [0, 0.1) is 5.41 Å². The third-order valence-corrected chi connectivity index (χ3v) is 4.97. The van der Waals surface area contributed by atoms with Crippen LogP contribution in [0.25, 0.3) is 0 Å². The number of nitrogens with two attached hydrogens (primary N) is 1. The number of nitrogens with one attached hydrogen (secondary N) is 1. The summed E-state index contributed by atoms with van der Waals surface area (Å²) in [5.41, 5.74) is 7.27. The maximum atomic E-state index is 7.48. The zero-order valence-corrected chi connectivity index (χ0v) is 13.1. The lowest BCUT2D eigenvalue weighted by Crippen LogP contribution is -2.40. The number of likely N-dealkylation sites (tertiary alicyclic amines) is 1. The molecule has 0 spiro atoms. The molecule has 2 heterocycles. The Labute approximate surface area is 131 Å². The van der Waals surface area contributed by atoms with Crippen LogP contribution < -0.4 is 10.6 Å². The quantitative estimate of drug-likeness (QED) is 0.667. The lowest BCUT2D eigenvalue weighted by molar-refractivity contribution is 0.175. The van der Waals surface area contributed by atoms with Crippen molar-refractivity contribution in [2.75, 3.05) is 31.1 Å². The first-order valence-corrected chi connectivity index (χ1v) is 8.16. The molecule has 0 amide bonds. The van der Waals surface area contributed by atoms with Crippen LogP contribution in [-0.4, -0.2) is 43.0 Å². The summed E-state index contributed by atoms with van der Waals surface area (Å²) in [5, 5.41) is 8.17. The van der Waals surface area contributed by atoms with Gasteiger partial charge in [0.1, 0.15) is 5.84 Å². The number of anilines is 1. The van der Waals surface area contributed by atoms with Crippen molar-refractivity contribution in [3.63, 3.8) is 0 Å². The van der Waals surface area contributed by atoms with Crippen LogP contribution in [-0.2, 0) is 0 Å². The predicted molar refractivity (Wildman–Crippen MR) is 88.5 cm³/mol. The highest BCUT2D eigenvalue weighted by Gasteiger charge is 2.29. The van der Waals surface area contributed by atoms with Gasteiger partial charge in [-0.1, -0.05) is 18.0 Å². The van der Waals surface area contributed by atoms with Gasteiger partial charge in [-0.05, 0) is 50.6 Å². The van der Waals surface area contributed by atoms with Crippen molar-refractivity contribution in [2.45, 2.75) is 31.7 Å². The largest absolute Gasteiger partial charge is 0.384 e. The summed E-state index contributed by atoms with van der Waals surface area (Å²) in [6.45, 7) is 4.60. The summed E-state index contributed by atoms with van der Waals surface area (Å²) in [7, 11) is 0. The molecule has 2 saturated heterocycles. The summed E-state index contributed by atoms with van der Waals surface area (Å²) in [6.07, 6.45) is 5.27. The number of piperidine rings is 1. The highest BCUT2D eigenvalue weighted by atomic mass is 35.5. The Morgan fingerprint density at radius 2 is 1.95 bits per heavy atom. The van der Waals surface area contributed by atoms with E-state index < -0.39 is 0 Å². The number of amidine groups is 1. The molecule has 3 N–H and O–H groups in total. The fourth-order valence-electron chi connectivity index (χ4n) is 3.47. The van der Waals surface area contributed by atoms with Crippen molar-refractivity contribution >= 4 is 23.1 Å². The molecule has 4 nitrogen and oxygen atoms in total. The molecule has 1 aromatic rings. The van der Waals surface area contributed by atoms with E-state index in [1.54, 1.807) is 6.07 Å². The molecule has 0 radical (unpaired) electrons. The summed E-state index contributed by atoms with van der Waals surface area (Å²) in [6, 6.07) is 6.34. The van der Waals surface area contributed by atoms with E-state index >= 15 is 0 Å². The Kier molecular flexibility index (Phi) is 4.36. The molecule has 0 saturated carbocycles. The normalized spacial score (nSPS) is 23.5. The van der Waals surface area contributed by atoms with Crippen molar-refractivity contribution < 1.29 is 0 Å². The average molecular weight is 307 g/mol. The number of hydrogen-bond acceptors (Lipinski definition) is 3. The van der Waals surface area contributed by atoms with E-state index in [0.29, 0.717) is 16.6 Å². The molecule has 0 bridgehead atoms. The minimum absolute atomic E-state index is 0.0658. The van der Waals surface area contributed by atoms with Crippen LogP contribution >= 0.6 is 11.6 Å². The Morgan fingerprint density at radius 1 is 1.19 bits per heavy atom. The Bertz CT molecular complexity index is 525. The number of hydrogen-bond donors (Lipinski definition) is 2. The van der Waals surface area contributed by atoms with Crippen LogP contribution in [0.4, 0.5) is 5.69 Å². The molecule has 0 aliphatic carbocycles. The van der Waals surface area contributed by atoms with Gasteiger partial charge in [-0.2, -0.15) is 0 Å². The first kappa shape index (κ1) is 14.7. The van der Waals surface area contributed by atoms with Gasteiger partial charge in [0.2, 0.25) is 0 Å². The molecule has 21 heavy (non-hydrogen) atoms. The van der Waals surface area contributed by atoms with Crippen LogP contribution in [0.1, 0.15) is 31.2 Å². The van der Waals surface area contributed by atoms with Crippen molar-refractivity contribution in [1.82, 2.24) is 4.90 Å². The summed E-state index contributed by atoms with van der Waals surface area (Å²) in [5.74, 6) is 0.0658. The van der Waals surface area contributed by atoms with Crippen molar-refractivity contribution in [3.05, 3.63) is 28.8 Å². The maximum Gasteiger partial charge on any atom is 0.122 e. The van der Waals surface area contributed by atoms with Crippen LogP contribution in [0.15, 0.2) is 18.2 Å². The molecule has 1 aromatic carbocycles. The third kappa shape index (κ3) is 3.16. The minimum Gasteiger partial charge on any atom is -0.384 e. The van der Waals surface area contributed by atoms with Gasteiger partial charge in [0, 0.05) is 24.7 Å². The standard InChI is InChI=1S/C16H23ClN4/c17-14-10-12(16(18)19)4-5-15(14)21-9-6-13(11-21)20-7-2-1-3-8-20/h4-5,10,13H,1-3,6-9,11H2,(H3,18,19). The lowest BCUT2D eigenvalue weighted by atomic mass is 10.1. The van der Waals surface area contributed by atoms with Gasteiger partial charge in [-0.3, -0.25) is 10.3 Å². The van der Waals surface area contributed by atoms with E-state index in [1.807, 2.05) is 12.1 Å². The first-order valence-electron chi connectivity index (χ1n) is 7.78. The fraction of sp³-hybridized carbons (Fsp3) is 0.562. The number of rotatable bonds is 3. The van der Waals surface area contributed by atoms with Crippen LogP contribution in [0.5, 0.6) is 0 Å². The van der Waals surface area contributed by atoms with E-state index in [1.165, 1.54) is 38.8 Å². The van der Waals surface area contributed by atoms with E-state index in [2.05, 4.69) is 9.80 Å². The molecule has 2 aliphatic rings. The Morgan fingerprint density at radius 3 is 2.62 bits per heavy atom. The smallest absolute Gasteiger partial charge is 0.122 e. The maximum absolute atomic E-state index is 7.48.